The molecule has 0 saturated carbocycles. The second-order valence-corrected chi connectivity index (χ2v) is 7.22. The summed E-state index contributed by atoms with van der Waals surface area (Å²) >= 11 is 0. The summed E-state index contributed by atoms with van der Waals surface area (Å²) in [6, 6.07) is 12.7. The van der Waals surface area contributed by atoms with Gasteiger partial charge in [-0.2, -0.15) is 4.98 Å². The highest BCUT2D eigenvalue weighted by Gasteiger charge is 2.19. The van der Waals surface area contributed by atoms with Gasteiger partial charge in [-0.1, -0.05) is 40.1 Å². The second kappa shape index (κ2) is 7.61. The van der Waals surface area contributed by atoms with Gasteiger partial charge < -0.3 is 14.4 Å². The fraction of sp³-hybridized carbons (Fsp3) is 0.143. The Labute approximate surface area is 180 Å². The Hall–Kier alpha value is -4.54. The number of nitrogens with one attached hydrogen (secondary N) is 1. The molecule has 4 aromatic heterocycles. The van der Waals surface area contributed by atoms with Gasteiger partial charge in [0.1, 0.15) is 12.3 Å². The van der Waals surface area contributed by atoms with Crippen molar-refractivity contribution < 1.29 is 13.8 Å². The van der Waals surface area contributed by atoms with Crippen molar-refractivity contribution in [3.63, 3.8) is 0 Å². The number of pyridine rings is 1. The summed E-state index contributed by atoms with van der Waals surface area (Å²) in [7, 11) is 0. The third kappa shape index (κ3) is 3.55. The first-order valence-corrected chi connectivity index (χ1v) is 9.70. The number of fused-ring (bicyclic) bond motifs is 1. The molecule has 0 aliphatic heterocycles. The van der Waals surface area contributed by atoms with E-state index in [1.165, 1.54) is 4.40 Å². The molecule has 0 bridgehead atoms. The Kier molecular flexibility index (Phi) is 4.62. The number of hydrogen-bond acceptors (Lipinski definition) is 8. The summed E-state index contributed by atoms with van der Waals surface area (Å²) in [5.74, 6) is 0.987. The summed E-state index contributed by atoms with van der Waals surface area (Å²) in [5.41, 5.74) is 2.21. The van der Waals surface area contributed by atoms with Crippen molar-refractivity contribution >= 4 is 17.4 Å². The normalized spacial score (nSPS) is 11.2. The molecule has 11 heteroatoms. The minimum Gasteiger partial charge on any atom is -0.360 e. The molecule has 0 spiro atoms. The van der Waals surface area contributed by atoms with E-state index in [0.29, 0.717) is 22.8 Å². The van der Waals surface area contributed by atoms with Crippen molar-refractivity contribution in [2.45, 2.75) is 20.4 Å². The molecule has 1 N–H and O–H groups in total. The standard InChI is InChI=1S/C21H17N7O4/c1-12-5-7-14(8-6-12)18-23-20(32-26-18)15-4-3-9-27-19(15)24-28(21(27)30)11-17(29)22-16-10-13(2)31-25-16/h3-10H,11H2,1-2H3,(H,22,25,29). The number of carbonyl (C=O) groups is 1. The van der Waals surface area contributed by atoms with Gasteiger partial charge in [-0.05, 0) is 26.0 Å². The van der Waals surface area contributed by atoms with Crippen LogP contribution in [0, 0.1) is 13.8 Å². The predicted octanol–water partition coefficient (Wildman–Crippen LogP) is 2.46. The van der Waals surface area contributed by atoms with Crippen LogP contribution in [0.2, 0.25) is 0 Å². The van der Waals surface area contributed by atoms with E-state index < -0.39 is 11.6 Å². The van der Waals surface area contributed by atoms with E-state index in [0.717, 1.165) is 15.8 Å². The number of amides is 1. The van der Waals surface area contributed by atoms with Crippen LogP contribution in [0.3, 0.4) is 0 Å². The van der Waals surface area contributed by atoms with Crippen molar-refractivity contribution in [1.82, 2.24) is 29.5 Å². The number of benzene rings is 1. The Morgan fingerprint density at radius 1 is 1.09 bits per heavy atom. The molecule has 0 radical (unpaired) electrons. The molecule has 0 fully saturated rings. The lowest BCUT2D eigenvalue weighted by molar-refractivity contribution is -0.117. The van der Waals surface area contributed by atoms with Crippen molar-refractivity contribution in [3.05, 3.63) is 70.5 Å². The predicted molar refractivity (Wildman–Crippen MR) is 113 cm³/mol. The van der Waals surface area contributed by atoms with E-state index in [1.807, 2.05) is 31.2 Å². The lowest BCUT2D eigenvalue weighted by Crippen LogP contribution is -2.28. The molecule has 1 amide bonds. The fourth-order valence-corrected chi connectivity index (χ4v) is 3.20. The number of aromatic nitrogens is 6. The maximum absolute atomic E-state index is 12.7. The Morgan fingerprint density at radius 2 is 1.91 bits per heavy atom. The minimum absolute atomic E-state index is 0.214. The molecule has 32 heavy (non-hydrogen) atoms. The van der Waals surface area contributed by atoms with Gasteiger partial charge in [0, 0.05) is 17.8 Å². The van der Waals surface area contributed by atoms with Crippen LogP contribution in [0.25, 0.3) is 28.5 Å². The largest absolute Gasteiger partial charge is 0.360 e. The summed E-state index contributed by atoms with van der Waals surface area (Å²) in [6.07, 6.45) is 1.56. The molecule has 0 atom stereocenters. The number of rotatable bonds is 5. The van der Waals surface area contributed by atoms with Gasteiger partial charge >= 0.3 is 5.69 Å². The Bertz CT molecular complexity index is 1490. The summed E-state index contributed by atoms with van der Waals surface area (Å²) in [5, 5.41) is 14.6. The maximum Gasteiger partial charge on any atom is 0.350 e. The molecular weight excluding hydrogens is 414 g/mol. The third-order valence-corrected chi connectivity index (χ3v) is 4.76. The molecule has 4 heterocycles. The molecule has 5 aromatic rings. The highest BCUT2D eigenvalue weighted by Crippen LogP contribution is 2.24. The fourth-order valence-electron chi connectivity index (χ4n) is 3.20. The van der Waals surface area contributed by atoms with Crippen LogP contribution in [0.4, 0.5) is 5.82 Å². The molecule has 160 valence electrons. The van der Waals surface area contributed by atoms with E-state index in [-0.39, 0.29) is 18.3 Å². The van der Waals surface area contributed by atoms with Gasteiger partial charge in [-0.25, -0.2) is 13.9 Å². The quantitative estimate of drug-likeness (QED) is 0.449. The first-order valence-electron chi connectivity index (χ1n) is 9.70. The lowest BCUT2D eigenvalue weighted by atomic mass is 10.1. The minimum atomic E-state index is -0.480. The summed E-state index contributed by atoms with van der Waals surface area (Å²) < 4.78 is 12.7. The van der Waals surface area contributed by atoms with Crippen LogP contribution in [-0.4, -0.2) is 35.4 Å². The van der Waals surface area contributed by atoms with E-state index in [2.05, 4.69) is 25.7 Å². The van der Waals surface area contributed by atoms with E-state index in [4.69, 9.17) is 9.05 Å². The van der Waals surface area contributed by atoms with Gasteiger partial charge in [0.05, 0.1) is 5.56 Å². The van der Waals surface area contributed by atoms with Crippen molar-refractivity contribution in [2.75, 3.05) is 5.32 Å². The first-order chi connectivity index (χ1) is 15.5. The zero-order valence-corrected chi connectivity index (χ0v) is 17.1. The number of hydrogen-bond donors (Lipinski definition) is 1. The highest BCUT2D eigenvalue weighted by atomic mass is 16.5. The van der Waals surface area contributed by atoms with E-state index >= 15 is 0 Å². The van der Waals surface area contributed by atoms with Crippen molar-refractivity contribution in [2.24, 2.45) is 0 Å². The zero-order chi connectivity index (χ0) is 22.2. The lowest BCUT2D eigenvalue weighted by Gasteiger charge is -1.99. The van der Waals surface area contributed by atoms with Crippen LogP contribution < -0.4 is 11.0 Å². The van der Waals surface area contributed by atoms with E-state index in [9.17, 15) is 9.59 Å². The molecule has 1 aromatic carbocycles. The number of anilines is 1. The van der Waals surface area contributed by atoms with Crippen molar-refractivity contribution in [3.8, 4) is 22.8 Å². The average Bonchev–Trinajstić information content (AvgIpc) is 3.49. The monoisotopic (exact) mass is 431 g/mol. The first kappa shape index (κ1) is 19.4. The highest BCUT2D eigenvalue weighted by molar-refractivity contribution is 5.89. The number of carbonyl (C=O) groups excluding carboxylic acids is 1. The van der Waals surface area contributed by atoms with Gasteiger partial charge in [0.2, 0.25) is 11.7 Å². The molecule has 5 rings (SSSR count). The SMILES string of the molecule is Cc1ccc(-c2noc(-c3cccn4c(=O)n(CC(=O)Nc5cc(C)on5)nc34)n2)cc1. The maximum atomic E-state index is 12.7. The number of nitrogens with zero attached hydrogens (tertiary/aromatic N) is 6. The van der Waals surface area contributed by atoms with Crippen LogP contribution in [0.15, 0.2) is 62.5 Å². The van der Waals surface area contributed by atoms with Gasteiger partial charge in [0.25, 0.3) is 5.89 Å². The molecule has 11 nitrogen and oxygen atoms in total. The smallest absolute Gasteiger partial charge is 0.350 e. The van der Waals surface area contributed by atoms with Crippen LogP contribution in [-0.2, 0) is 11.3 Å². The molecule has 0 unspecified atom stereocenters. The topological polar surface area (TPSA) is 133 Å². The average molecular weight is 431 g/mol. The Morgan fingerprint density at radius 3 is 2.66 bits per heavy atom. The summed E-state index contributed by atoms with van der Waals surface area (Å²) in [4.78, 5) is 29.5. The van der Waals surface area contributed by atoms with Gasteiger partial charge in [-0.3, -0.25) is 4.79 Å². The van der Waals surface area contributed by atoms with E-state index in [1.54, 1.807) is 31.3 Å². The van der Waals surface area contributed by atoms with Crippen molar-refractivity contribution in [1.29, 1.82) is 0 Å². The van der Waals surface area contributed by atoms with Gasteiger partial charge in [0.15, 0.2) is 11.5 Å². The second-order valence-electron chi connectivity index (χ2n) is 7.22. The molecular formula is C21H17N7O4. The molecule has 0 aliphatic carbocycles. The van der Waals surface area contributed by atoms with Crippen LogP contribution in [0.5, 0.6) is 0 Å². The van der Waals surface area contributed by atoms with Gasteiger partial charge in [-0.15, -0.1) is 5.10 Å². The van der Waals surface area contributed by atoms with Crippen LogP contribution in [0.1, 0.15) is 11.3 Å². The molecule has 0 aliphatic rings. The third-order valence-electron chi connectivity index (χ3n) is 4.76. The summed E-state index contributed by atoms with van der Waals surface area (Å²) in [6.45, 7) is 3.40. The molecule has 0 saturated heterocycles. The number of aryl methyl sites for hydroxylation is 2. The Balaban J connectivity index is 1.46. The van der Waals surface area contributed by atoms with Crippen LogP contribution >= 0.6 is 0 Å². The zero-order valence-electron chi connectivity index (χ0n) is 17.1.